The maximum absolute atomic E-state index is 12.7. The van der Waals surface area contributed by atoms with Gasteiger partial charge in [0, 0.05) is 23.9 Å². The molecule has 4 N–H and O–H groups in total. The molecule has 0 radical (unpaired) electrons. The van der Waals surface area contributed by atoms with E-state index in [0.29, 0.717) is 22.9 Å². The van der Waals surface area contributed by atoms with E-state index in [1.807, 2.05) is 6.92 Å². The molecule has 1 heterocycles. The summed E-state index contributed by atoms with van der Waals surface area (Å²) in [5, 5.41) is 6.68. The summed E-state index contributed by atoms with van der Waals surface area (Å²) >= 11 is 1.55. The number of anilines is 1. The average Bonchev–Trinajstić information content (AvgIpc) is 3.26. The molecule has 2 amide bonds. The van der Waals surface area contributed by atoms with Crippen molar-refractivity contribution in [2.45, 2.75) is 57.9 Å². The molecule has 0 bridgehead atoms. The average molecular weight is 335 g/mol. The second-order valence-electron chi connectivity index (χ2n) is 6.66. The van der Waals surface area contributed by atoms with E-state index >= 15 is 0 Å². The molecule has 1 fully saturated rings. The molecule has 0 saturated heterocycles. The molecule has 2 aliphatic carbocycles. The number of rotatable bonds is 6. The predicted molar refractivity (Wildman–Crippen MR) is 92.9 cm³/mol. The quantitative estimate of drug-likeness (QED) is 0.746. The molecule has 1 saturated carbocycles. The van der Waals surface area contributed by atoms with Crippen LogP contribution in [0.1, 0.15) is 59.8 Å². The van der Waals surface area contributed by atoms with E-state index in [9.17, 15) is 9.59 Å². The molecule has 6 heteroatoms. The van der Waals surface area contributed by atoms with Crippen molar-refractivity contribution in [1.29, 1.82) is 0 Å². The zero-order valence-electron chi connectivity index (χ0n) is 13.6. The zero-order valence-corrected chi connectivity index (χ0v) is 14.4. The molecular formula is C17H25N3O2S. The number of aryl methyl sites for hydroxylation is 1. The molecule has 1 aromatic heterocycles. The largest absolute Gasteiger partial charge is 0.352 e. The van der Waals surface area contributed by atoms with Gasteiger partial charge >= 0.3 is 0 Å². The Labute approximate surface area is 141 Å². The van der Waals surface area contributed by atoms with Crippen molar-refractivity contribution >= 4 is 28.2 Å². The molecule has 1 unspecified atom stereocenters. The van der Waals surface area contributed by atoms with Crippen LogP contribution < -0.4 is 16.4 Å². The Morgan fingerprint density at radius 3 is 2.78 bits per heavy atom. The van der Waals surface area contributed by atoms with Gasteiger partial charge < -0.3 is 16.4 Å². The van der Waals surface area contributed by atoms with Gasteiger partial charge in [-0.15, -0.1) is 11.3 Å². The summed E-state index contributed by atoms with van der Waals surface area (Å²) in [7, 11) is 0. The lowest BCUT2D eigenvalue weighted by atomic mass is 9.91. The maximum atomic E-state index is 12.7. The highest BCUT2D eigenvalue weighted by Gasteiger charge is 2.29. The minimum Gasteiger partial charge on any atom is -0.352 e. The molecular weight excluding hydrogens is 310 g/mol. The smallest absolute Gasteiger partial charge is 0.254 e. The summed E-state index contributed by atoms with van der Waals surface area (Å²) in [6, 6.07) is 0.103. The standard InChI is InChI=1S/C17H25N3O2S/c1-2-3-14(21)20-17-15(16(22)19-9-10-4-5-10)12-8-11(18)6-7-13(12)23-17/h10-11H,2-9,18H2,1H3,(H,19,22)(H,20,21). The second kappa shape index (κ2) is 7.01. The first-order valence-corrected chi connectivity index (χ1v) is 9.38. The molecule has 5 nitrogen and oxygen atoms in total. The van der Waals surface area contributed by atoms with Gasteiger partial charge in [-0.2, -0.15) is 0 Å². The monoisotopic (exact) mass is 335 g/mol. The third-order valence-corrected chi connectivity index (χ3v) is 5.71. The number of nitrogens with one attached hydrogen (secondary N) is 2. The van der Waals surface area contributed by atoms with Crippen molar-refractivity contribution in [1.82, 2.24) is 5.32 Å². The number of nitrogens with two attached hydrogens (primary N) is 1. The number of carbonyl (C=O) groups excluding carboxylic acids is 2. The van der Waals surface area contributed by atoms with Crippen LogP contribution in [0.5, 0.6) is 0 Å². The molecule has 0 aromatic carbocycles. The van der Waals surface area contributed by atoms with Crippen LogP contribution in [0.2, 0.25) is 0 Å². The summed E-state index contributed by atoms with van der Waals surface area (Å²) in [6.07, 6.45) is 6.24. The Hall–Kier alpha value is -1.40. The van der Waals surface area contributed by atoms with E-state index in [4.69, 9.17) is 5.73 Å². The zero-order chi connectivity index (χ0) is 16.4. The van der Waals surface area contributed by atoms with Crippen molar-refractivity contribution in [2.24, 2.45) is 11.7 Å². The Balaban J connectivity index is 1.84. The topological polar surface area (TPSA) is 84.2 Å². The Kier molecular flexibility index (Phi) is 5.02. The summed E-state index contributed by atoms with van der Waals surface area (Å²) in [5.74, 6) is 0.552. The van der Waals surface area contributed by atoms with Crippen LogP contribution in [0.25, 0.3) is 0 Å². The van der Waals surface area contributed by atoms with Crippen LogP contribution in [-0.2, 0) is 17.6 Å². The SMILES string of the molecule is CCCC(=O)Nc1sc2c(c1C(=O)NCC1CC1)CC(N)CC2. The van der Waals surface area contributed by atoms with Gasteiger partial charge in [0.1, 0.15) is 5.00 Å². The number of amides is 2. The van der Waals surface area contributed by atoms with Gasteiger partial charge in [-0.1, -0.05) is 6.92 Å². The van der Waals surface area contributed by atoms with Gasteiger partial charge in [-0.05, 0) is 50.0 Å². The van der Waals surface area contributed by atoms with Crippen molar-refractivity contribution in [3.8, 4) is 0 Å². The molecule has 23 heavy (non-hydrogen) atoms. The lowest BCUT2D eigenvalue weighted by molar-refractivity contribution is -0.116. The van der Waals surface area contributed by atoms with Crippen LogP contribution >= 0.6 is 11.3 Å². The third kappa shape index (κ3) is 3.93. The fourth-order valence-electron chi connectivity index (χ4n) is 3.00. The van der Waals surface area contributed by atoms with E-state index in [1.165, 1.54) is 17.7 Å². The first-order valence-electron chi connectivity index (χ1n) is 8.56. The molecule has 0 spiro atoms. The normalized spacial score (nSPS) is 20.0. The molecule has 2 aliphatic rings. The Morgan fingerprint density at radius 2 is 2.09 bits per heavy atom. The van der Waals surface area contributed by atoms with Crippen LogP contribution in [0.15, 0.2) is 0 Å². The van der Waals surface area contributed by atoms with Crippen LogP contribution in [0, 0.1) is 5.92 Å². The number of fused-ring (bicyclic) bond motifs is 1. The molecule has 1 atom stereocenters. The lowest BCUT2D eigenvalue weighted by Crippen LogP contribution is -2.31. The number of hydrogen-bond acceptors (Lipinski definition) is 4. The first kappa shape index (κ1) is 16.5. The van der Waals surface area contributed by atoms with Gasteiger partial charge in [0.25, 0.3) is 5.91 Å². The van der Waals surface area contributed by atoms with E-state index in [0.717, 1.165) is 37.8 Å². The lowest BCUT2D eigenvalue weighted by Gasteiger charge is -2.19. The van der Waals surface area contributed by atoms with Gasteiger partial charge in [0.2, 0.25) is 5.91 Å². The van der Waals surface area contributed by atoms with Crippen molar-refractivity contribution in [2.75, 3.05) is 11.9 Å². The van der Waals surface area contributed by atoms with Crippen LogP contribution in [0.3, 0.4) is 0 Å². The van der Waals surface area contributed by atoms with Crippen molar-refractivity contribution in [3.63, 3.8) is 0 Å². The van der Waals surface area contributed by atoms with Gasteiger partial charge in [0.15, 0.2) is 0 Å². The Bertz CT molecular complexity index is 607. The van der Waals surface area contributed by atoms with Gasteiger partial charge in [0.05, 0.1) is 5.56 Å². The van der Waals surface area contributed by atoms with E-state index in [-0.39, 0.29) is 17.9 Å². The highest BCUT2D eigenvalue weighted by atomic mass is 32.1. The number of carbonyl (C=O) groups is 2. The van der Waals surface area contributed by atoms with E-state index in [2.05, 4.69) is 10.6 Å². The predicted octanol–water partition coefficient (Wildman–Crippen LogP) is 2.44. The van der Waals surface area contributed by atoms with Crippen LogP contribution in [-0.4, -0.2) is 24.4 Å². The highest BCUT2D eigenvalue weighted by molar-refractivity contribution is 7.17. The summed E-state index contributed by atoms with van der Waals surface area (Å²) in [5.41, 5.74) is 7.80. The third-order valence-electron chi connectivity index (χ3n) is 4.50. The summed E-state index contributed by atoms with van der Waals surface area (Å²) < 4.78 is 0. The highest BCUT2D eigenvalue weighted by Crippen LogP contribution is 2.38. The van der Waals surface area contributed by atoms with Crippen molar-refractivity contribution in [3.05, 3.63) is 16.0 Å². The molecule has 0 aliphatic heterocycles. The number of thiophene rings is 1. The molecule has 1 aromatic rings. The fraction of sp³-hybridized carbons (Fsp3) is 0.647. The summed E-state index contributed by atoms with van der Waals surface area (Å²) in [6.45, 7) is 2.71. The van der Waals surface area contributed by atoms with Crippen molar-refractivity contribution < 1.29 is 9.59 Å². The van der Waals surface area contributed by atoms with E-state index < -0.39 is 0 Å². The molecule has 3 rings (SSSR count). The second-order valence-corrected chi connectivity index (χ2v) is 7.77. The van der Waals surface area contributed by atoms with Gasteiger partial charge in [-0.25, -0.2) is 0 Å². The maximum Gasteiger partial charge on any atom is 0.254 e. The van der Waals surface area contributed by atoms with Gasteiger partial charge in [-0.3, -0.25) is 9.59 Å². The summed E-state index contributed by atoms with van der Waals surface area (Å²) in [4.78, 5) is 25.9. The minimum absolute atomic E-state index is 0.0216. The fourth-order valence-corrected chi connectivity index (χ4v) is 4.26. The van der Waals surface area contributed by atoms with E-state index in [1.54, 1.807) is 11.3 Å². The first-order chi connectivity index (χ1) is 11.1. The Morgan fingerprint density at radius 1 is 1.30 bits per heavy atom. The minimum atomic E-state index is -0.0599. The molecule has 126 valence electrons. The number of hydrogen-bond donors (Lipinski definition) is 3. The van der Waals surface area contributed by atoms with Crippen LogP contribution in [0.4, 0.5) is 5.00 Å².